The highest BCUT2D eigenvalue weighted by atomic mass is 35.5. The molecule has 7 nitrogen and oxygen atoms in total. The minimum atomic E-state index is -1.15. The Kier molecular flexibility index (Phi) is 4.69. The molecule has 0 amide bonds. The van der Waals surface area contributed by atoms with E-state index in [1.807, 2.05) is 23.1 Å². The Bertz CT molecular complexity index is 722. The lowest BCUT2D eigenvalue weighted by Crippen LogP contribution is -2.61. The van der Waals surface area contributed by atoms with Gasteiger partial charge in [-0.2, -0.15) is 0 Å². The van der Waals surface area contributed by atoms with Crippen LogP contribution in [0.15, 0.2) is 18.2 Å². The van der Waals surface area contributed by atoms with Crippen molar-refractivity contribution in [3.8, 4) is 0 Å². The van der Waals surface area contributed by atoms with Crippen LogP contribution in [0.3, 0.4) is 0 Å². The molecular formula is C19H26ClN3O4. The minimum Gasteiger partial charge on any atom is -0.387 e. The molecular weight excluding hydrogens is 370 g/mol. The molecule has 0 spiro atoms. The van der Waals surface area contributed by atoms with Gasteiger partial charge < -0.3 is 20.1 Å². The molecule has 3 heterocycles. The Morgan fingerprint density at radius 3 is 2.70 bits per heavy atom. The van der Waals surface area contributed by atoms with Gasteiger partial charge in [-0.05, 0) is 36.0 Å². The molecule has 0 radical (unpaired) electrons. The lowest BCUT2D eigenvalue weighted by Gasteiger charge is -2.39. The number of aryl methyl sites for hydroxylation is 2. The van der Waals surface area contributed by atoms with E-state index >= 15 is 0 Å². The van der Waals surface area contributed by atoms with E-state index in [-0.39, 0.29) is 17.6 Å². The van der Waals surface area contributed by atoms with Crippen molar-refractivity contribution in [2.45, 2.75) is 61.6 Å². The summed E-state index contributed by atoms with van der Waals surface area (Å²) in [5.41, 5.74) is 3.15. The van der Waals surface area contributed by atoms with E-state index in [4.69, 9.17) is 16.3 Å². The van der Waals surface area contributed by atoms with Crippen LogP contribution in [0, 0.1) is 5.92 Å². The third-order valence-corrected chi connectivity index (χ3v) is 7.09. The van der Waals surface area contributed by atoms with Crippen LogP contribution in [-0.4, -0.2) is 69.6 Å². The van der Waals surface area contributed by atoms with Crippen molar-refractivity contribution in [2.24, 2.45) is 5.92 Å². The van der Waals surface area contributed by atoms with Gasteiger partial charge in [-0.15, -0.1) is 11.6 Å². The molecule has 3 saturated heterocycles. The van der Waals surface area contributed by atoms with Gasteiger partial charge in [0.1, 0.15) is 30.6 Å². The summed E-state index contributed by atoms with van der Waals surface area (Å²) in [6.07, 6.45) is -1.80. The Hall–Kier alpha value is -0.770. The van der Waals surface area contributed by atoms with Crippen LogP contribution in [0.4, 0.5) is 0 Å². The average Bonchev–Trinajstić information content (AvgIpc) is 3.19. The number of likely N-dealkylation sites (tertiary alicyclic amines) is 1. The number of hydrogen-bond donors (Lipinski definition) is 5. The largest absolute Gasteiger partial charge is 0.387 e. The first-order valence-corrected chi connectivity index (χ1v) is 10.2. The second kappa shape index (κ2) is 6.93. The van der Waals surface area contributed by atoms with Gasteiger partial charge in [-0.25, -0.2) is 0 Å². The number of rotatable bonds is 3. The normalized spacial score (nSPS) is 42.4. The maximum Gasteiger partial charge on any atom is 0.141 e. The number of fused-ring (bicyclic) bond motifs is 2. The van der Waals surface area contributed by atoms with E-state index < -0.39 is 30.6 Å². The molecule has 3 fully saturated rings. The third-order valence-electron chi connectivity index (χ3n) is 6.62. The third kappa shape index (κ3) is 2.92. The molecule has 3 unspecified atom stereocenters. The van der Waals surface area contributed by atoms with Gasteiger partial charge in [0, 0.05) is 19.1 Å². The molecule has 0 saturated carbocycles. The highest BCUT2D eigenvalue weighted by Crippen LogP contribution is 2.38. The quantitative estimate of drug-likeness (QED) is 0.352. The number of ether oxygens (including phenoxy) is 1. The SMILES string of the molecule is O[C@@H]1[C@H](O)[C@@H]([C@H](O)c2ccc3c(c2)CC3)O[C@H]1N1CCC2C(Cl)NCNC21. The first kappa shape index (κ1) is 18.3. The van der Waals surface area contributed by atoms with Crippen LogP contribution in [0.1, 0.15) is 29.2 Å². The van der Waals surface area contributed by atoms with Crippen LogP contribution < -0.4 is 10.6 Å². The monoisotopic (exact) mass is 395 g/mol. The van der Waals surface area contributed by atoms with Crippen molar-refractivity contribution < 1.29 is 20.1 Å². The summed E-state index contributed by atoms with van der Waals surface area (Å²) in [4.78, 5) is 2.03. The number of nitrogens with zero attached hydrogens (tertiary/aromatic N) is 1. The zero-order valence-corrected chi connectivity index (χ0v) is 15.7. The summed E-state index contributed by atoms with van der Waals surface area (Å²) in [5.74, 6) is 0.199. The van der Waals surface area contributed by atoms with Gasteiger partial charge in [0.2, 0.25) is 0 Å². The van der Waals surface area contributed by atoms with Crippen molar-refractivity contribution in [2.75, 3.05) is 13.2 Å². The number of alkyl halides is 1. The lowest BCUT2D eigenvalue weighted by atomic mass is 9.85. The Labute approximate surface area is 163 Å². The van der Waals surface area contributed by atoms with Crippen molar-refractivity contribution in [1.29, 1.82) is 0 Å². The van der Waals surface area contributed by atoms with E-state index in [9.17, 15) is 15.3 Å². The van der Waals surface area contributed by atoms with Crippen LogP contribution in [0.5, 0.6) is 0 Å². The van der Waals surface area contributed by atoms with Crippen LogP contribution in [0.25, 0.3) is 0 Å². The molecule has 8 heteroatoms. The second-order valence-electron chi connectivity index (χ2n) is 8.07. The number of hydrogen-bond acceptors (Lipinski definition) is 7. The van der Waals surface area contributed by atoms with Crippen LogP contribution in [-0.2, 0) is 17.6 Å². The molecule has 5 rings (SSSR count). The van der Waals surface area contributed by atoms with E-state index in [0.717, 1.165) is 24.8 Å². The fraction of sp³-hybridized carbons (Fsp3) is 0.684. The predicted octanol–water partition coefficient (Wildman–Crippen LogP) is -0.371. The van der Waals surface area contributed by atoms with Gasteiger partial charge in [0.25, 0.3) is 0 Å². The number of nitrogens with one attached hydrogen (secondary N) is 2. The molecule has 0 bridgehead atoms. The van der Waals surface area contributed by atoms with Gasteiger partial charge in [0.05, 0.1) is 11.7 Å². The predicted molar refractivity (Wildman–Crippen MR) is 98.9 cm³/mol. The maximum absolute atomic E-state index is 10.8. The first-order valence-electron chi connectivity index (χ1n) is 9.72. The summed E-state index contributed by atoms with van der Waals surface area (Å²) in [6.45, 7) is 1.29. The van der Waals surface area contributed by atoms with Crippen molar-refractivity contribution in [3.63, 3.8) is 0 Å². The number of benzene rings is 1. The van der Waals surface area contributed by atoms with Crippen LogP contribution >= 0.6 is 11.6 Å². The molecule has 3 aliphatic heterocycles. The zero-order valence-electron chi connectivity index (χ0n) is 15.0. The second-order valence-corrected chi connectivity index (χ2v) is 8.54. The molecule has 0 aromatic heterocycles. The molecule has 1 aliphatic carbocycles. The highest BCUT2D eigenvalue weighted by Gasteiger charge is 2.53. The van der Waals surface area contributed by atoms with Crippen LogP contribution in [0.2, 0.25) is 0 Å². The Morgan fingerprint density at radius 2 is 1.96 bits per heavy atom. The molecule has 5 N–H and O–H groups in total. The smallest absolute Gasteiger partial charge is 0.141 e. The lowest BCUT2D eigenvalue weighted by molar-refractivity contribution is -0.127. The minimum absolute atomic E-state index is 0.0204. The highest BCUT2D eigenvalue weighted by molar-refractivity contribution is 6.20. The summed E-state index contributed by atoms with van der Waals surface area (Å²) in [7, 11) is 0. The molecule has 1 aromatic carbocycles. The van der Waals surface area contributed by atoms with Gasteiger partial charge in [-0.3, -0.25) is 15.5 Å². The fourth-order valence-corrected chi connectivity index (χ4v) is 5.26. The van der Waals surface area contributed by atoms with Crippen molar-refractivity contribution >= 4 is 11.6 Å². The summed E-state index contributed by atoms with van der Waals surface area (Å²) in [6, 6.07) is 5.89. The molecule has 8 atom stereocenters. The summed E-state index contributed by atoms with van der Waals surface area (Å²) >= 11 is 6.38. The van der Waals surface area contributed by atoms with E-state index in [2.05, 4.69) is 10.6 Å². The molecule has 148 valence electrons. The van der Waals surface area contributed by atoms with Crippen molar-refractivity contribution in [1.82, 2.24) is 15.5 Å². The van der Waals surface area contributed by atoms with E-state index in [1.165, 1.54) is 11.1 Å². The van der Waals surface area contributed by atoms with Crippen molar-refractivity contribution in [3.05, 3.63) is 34.9 Å². The van der Waals surface area contributed by atoms with Gasteiger partial charge in [0.15, 0.2) is 0 Å². The number of aliphatic hydroxyl groups is 3. The Balaban J connectivity index is 1.34. The molecule has 4 aliphatic rings. The molecule has 1 aromatic rings. The maximum atomic E-state index is 10.8. The zero-order chi connectivity index (χ0) is 18.7. The van der Waals surface area contributed by atoms with Gasteiger partial charge in [-0.1, -0.05) is 18.2 Å². The standard InChI is InChI=1S/C19H26ClN3O4/c20-17-12-5-6-23(18(12)22-8-21-17)19-15(26)14(25)16(27-19)13(24)11-4-2-9-1-3-10(9)7-11/h2,4,7,12-19,21-22,24-26H,1,3,5-6,8H2/t12?,13-,14+,15-,16-,17?,18?,19-/m1/s1. The first-order chi connectivity index (χ1) is 13.0. The Morgan fingerprint density at radius 1 is 1.15 bits per heavy atom. The van der Waals surface area contributed by atoms with Gasteiger partial charge >= 0.3 is 0 Å². The number of aliphatic hydroxyl groups excluding tert-OH is 3. The van der Waals surface area contributed by atoms with E-state index in [0.29, 0.717) is 13.2 Å². The average molecular weight is 396 g/mol. The summed E-state index contributed by atoms with van der Waals surface area (Å²) in [5, 5.41) is 38.6. The van der Waals surface area contributed by atoms with E-state index in [1.54, 1.807) is 0 Å². The topological polar surface area (TPSA) is 97.2 Å². The molecule has 27 heavy (non-hydrogen) atoms. The summed E-state index contributed by atoms with van der Waals surface area (Å²) < 4.78 is 6.03. The number of halogens is 1. The fourth-order valence-electron chi connectivity index (χ4n) is 4.92.